The van der Waals surface area contributed by atoms with Crippen molar-refractivity contribution in [2.24, 2.45) is 0 Å². The molecule has 6 nitrogen and oxygen atoms in total. The van der Waals surface area contributed by atoms with E-state index in [4.69, 9.17) is 14.2 Å². The van der Waals surface area contributed by atoms with Gasteiger partial charge in [0, 0.05) is 6.07 Å². The quantitative estimate of drug-likeness (QED) is 0.727. The van der Waals surface area contributed by atoms with Gasteiger partial charge in [-0.05, 0) is 19.1 Å². The Kier molecular flexibility index (Phi) is 5.66. The zero-order valence-electron chi connectivity index (χ0n) is 11.1. The topological polar surface area (TPSA) is 71.1 Å². The van der Waals surface area contributed by atoms with E-state index >= 15 is 0 Å². The van der Waals surface area contributed by atoms with Gasteiger partial charge in [-0.15, -0.1) is 0 Å². The fourth-order valence-electron chi connectivity index (χ4n) is 1.37. The first kappa shape index (κ1) is 14.8. The van der Waals surface area contributed by atoms with Crippen LogP contribution in [-0.4, -0.2) is 39.4 Å². The molecule has 0 aliphatic carbocycles. The van der Waals surface area contributed by atoms with Gasteiger partial charge in [-0.3, -0.25) is 0 Å². The fraction of sp³-hybridized carbons (Fsp3) is 0.385. The van der Waals surface area contributed by atoms with E-state index in [1.165, 1.54) is 26.4 Å². The Labute approximate surface area is 111 Å². The van der Waals surface area contributed by atoms with Crippen LogP contribution in [0.4, 0.5) is 0 Å². The maximum absolute atomic E-state index is 11.5. The number of carbonyl (C=O) groups is 2. The van der Waals surface area contributed by atoms with E-state index < -0.39 is 11.9 Å². The molecule has 0 bridgehead atoms. The van der Waals surface area contributed by atoms with Crippen molar-refractivity contribution in [1.29, 1.82) is 0 Å². The lowest BCUT2D eigenvalue weighted by atomic mass is 10.2. The van der Waals surface area contributed by atoms with Crippen LogP contribution in [0, 0.1) is 0 Å². The second-order valence-corrected chi connectivity index (χ2v) is 3.45. The van der Waals surface area contributed by atoms with Crippen molar-refractivity contribution < 1.29 is 28.5 Å². The van der Waals surface area contributed by atoms with Gasteiger partial charge in [0.25, 0.3) is 0 Å². The SMILES string of the molecule is CCOC(=O)COc1cc(OC)ccc1C(=O)OC. The molecule has 0 amide bonds. The van der Waals surface area contributed by atoms with E-state index in [1.807, 2.05) is 0 Å². The molecule has 1 aromatic carbocycles. The minimum absolute atomic E-state index is 0.208. The molecule has 0 heterocycles. The van der Waals surface area contributed by atoms with Crippen LogP contribution >= 0.6 is 0 Å². The Morgan fingerprint density at radius 2 is 1.95 bits per heavy atom. The van der Waals surface area contributed by atoms with E-state index in [9.17, 15) is 9.59 Å². The van der Waals surface area contributed by atoms with Crippen LogP contribution in [0.5, 0.6) is 11.5 Å². The first-order valence-electron chi connectivity index (χ1n) is 5.67. The molecule has 6 heteroatoms. The summed E-state index contributed by atoms with van der Waals surface area (Å²) < 4.78 is 19.7. The van der Waals surface area contributed by atoms with Gasteiger partial charge in [0.15, 0.2) is 6.61 Å². The number of methoxy groups -OCH3 is 2. The molecule has 0 N–H and O–H groups in total. The van der Waals surface area contributed by atoms with Crippen LogP contribution in [0.2, 0.25) is 0 Å². The van der Waals surface area contributed by atoms with E-state index in [0.29, 0.717) is 5.75 Å². The van der Waals surface area contributed by atoms with Crippen LogP contribution in [0.15, 0.2) is 18.2 Å². The normalized spacial score (nSPS) is 9.63. The van der Waals surface area contributed by atoms with E-state index in [2.05, 4.69) is 4.74 Å². The van der Waals surface area contributed by atoms with Gasteiger partial charge in [0.2, 0.25) is 0 Å². The van der Waals surface area contributed by atoms with Crippen molar-refractivity contribution in [1.82, 2.24) is 0 Å². The molecule has 0 aromatic heterocycles. The Balaban J connectivity index is 2.88. The van der Waals surface area contributed by atoms with Crippen LogP contribution < -0.4 is 9.47 Å². The number of hydrogen-bond donors (Lipinski definition) is 0. The van der Waals surface area contributed by atoms with E-state index in [-0.39, 0.29) is 24.5 Å². The van der Waals surface area contributed by atoms with Crippen LogP contribution in [-0.2, 0) is 14.3 Å². The Bertz CT molecular complexity index is 454. The molecule has 1 aromatic rings. The molecule has 0 fully saturated rings. The zero-order chi connectivity index (χ0) is 14.3. The van der Waals surface area contributed by atoms with E-state index in [1.54, 1.807) is 13.0 Å². The third kappa shape index (κ3) is 4.17. The van der Waals surface area contributed by atoms with Crippen molar-refractivity contribution in [3.05, 3.63) is 23.8 Å². The van der Waals surface area contributed by atoms with Crippen molar-refractivity contribution in [2.75, 3.05) is 27.4 Å². The summed E-state index contributed by atoms with van der Waals surface area (Å²) in [6.07, 6.45) is 0. The summed E-state index contributed by atoms with van der Waals surface area (Å²) in [5.74, 6) is -0.353. The minimum Gasteiger partial charge on any atom is -0.497 e. The molecule has 0 spiro atoms. The number of hydrogen-bond acceptors (Lipinski definition) is 6. The maximum atomic E-state index is 11.5. The van der Waals surface area contributed by atoms with Gasteiger partial charge >= 0.3 is 11.9 Å². The summed E-state index contributed by atoms with van der Waals surface area (Å²) in [5.41, 5.74) is 0.215. The van der Waals surface area contributed by atoms with Crippen molar-refractivity contribution in [2.45, 2.75) is 6.92 Å². The van der Waals surface area contributed by atoms with Gasteiger partial charge in [-0.1, -0.05) is 0 Å². The predicted octanol–water partition coefficient (Wildman–Crippen LogP) is 1.42. The molecule has 0 saturated heterocycles. The van der Waals surface area contributed by atoms with E-state index in [0.717, 1.165) is 0 Å². The van der Waals surface area contributed by atoms with Crippen molar-refractivity contribution in [3.8, 4) is 11.5 Å². The van der Waals surface area contributed by atoms with Crippen LogP contribution in [0.1, 0.15) is 17.3 Å². The summed E-state index contributed by atoms with van der Waals surface area (Å²) in [6.45, 7) is 1.68. The first-order valence-corrected chi connectivity index (χ1v) is 5.67. The predicted molar refractivity (Wildman–Crippen MR) is 66.5 cm³/mol. The fourth-order valence-corrected chi connectivity index (χ4v) is 1.37. The lowest BCUT2D eigenvalue weighted by Gasteiger charge is -2.11. The molecule has 0 aliphatic heterocycles. The summed E-state index contributed by atoms with van der Waals surface area (Å²) in [4.78, 5) is 22.8. The number of rotatable bonds is 6. The largest absolute Gasteiger partial charge is 0.497 e. The molecule has 0 aliphatic rings. The molecule has 19 heavy (non-hydrogen) atoms. The van der Waals surface area contributed by atoms with Gasteiger partial charge < -0.3 is 18.9 Å². The highest BCUT2D eigenvalue weighted by Gasteiger charge is 2.15. The van der Waals surface area contributed by atoms with Crippen LogP contribution in [0.25, 0.3) is 0 Å². The smallest absolute Gasteiger partial charge is 0.344 e. The number of carbonyl (C=O) groups excluding carboxylic acids is 2. The minimum atomic E-state index is -0.554. The molecule has 1 rings (SSSR count). The van der Waals surface area contributed by atoms with Gasteiger partial charge in [0.1, 0.15) is 17.1 Å². The van der Waals surface area contributed by atoms with Gasteiger partial charge in [0.05, 0.1) is 20.8 Å². The molecule has 0 saturated carbocycles. The molecule has 0 unspecified atom stereocenters. The number of esters is 2. The Morgan fingerprint density at radius 3 is 2.53 bits per heavy atom. The molecule has 0 radical (unpaired) electrons. The second-order valence-electron chi connectivity index (χ2n) is 3.45. The average molecular weight is 268 g/mol. The Morgan fingerprint density at radius 1 is 1.21 bits per heavy atom. The summed E-state index contributed by atoms with van der Waals surface area (Å²) >= 11 is 0. The van der Waals surface area contributed by atoms with Crippen molar-refractivity contribution in [3.63, 3.8) is 0 Å². The molecule has 0 atom stereocenters. The summed E-state index contributed by atoms with van der Waals surface area (Å²) in [6, 6.07) is 4.61. The van der Waals surface area contributed by atoms with Gasteiger partial charge in [-0.25, -0.2) is 9.59 Å². The summed E-state index contributed by atoms with van der Waals surface area (Å²) in [7, 11) is 2.75. The molecular weight excluding hydrogens is 252 g/mol. The zero-order valence-corrected chi connectivity index (χ0v) is 11.1. The highest BCUT2D eigenvalue weighted by atomic mass is 16.6. The monoisotopic (exact) mass is 268 g/mol. The lowest BCUT2D eigenvalue weighted by molar-refractivity contribution is -0.145. The van der Waals surface area contributed by atoms with Crippen molar-refractivity contribution >= 4 is 11.9 Å². The molecule has 104 valence electrons. The highest BCUT2D eigenvalue weighted by molar-refractivity contribution is 5.92. The average Bonchev–Trinajstić information content (AvgIpc) is 2.44. The molecular formula is C13H16O6. The third-order valence-corrected chi connectivity index (χ3v) is 2.24. The Hall–Kier alpha value is -2.24. The van der Waals surface area contributed by atoms with Crippen LogP contribution in [0.3, 0.4) is 0 Å². The number of benzene rings is 1. The van der Waals surface area contributed by atoms with Gasteiger partial charge in [-0.2, -0.15) is 0 Å². The second kappa shape index (κ2) is 7.25. The maximum Gasteiger partial charge on any atom is 0.344 e. The standard InChI is InChI=1S/C13H16O6/c1-4-18-12(14)8-19-11-7-9(16-2)5-6-10(11)13(15)17-3/h5-7H,4,8H2,1-3H3. The first-order chi connectivity index (χ1) is 9.12. The third-order valence-electron chi connectivity index (χ3n) is 2.24. The highest BCUT2D eigenvalue weighted by Crippen LogP contribution is 2.25. The summed E-state index contributed by atoms with van der Waals surface area (Å²) in [5, 5.41) is 0. The number of ether oxygens (including phenoxy) is 4. The lowest BCUT2D eigenvalue weighted by Crippen LogP contribution is -2.16.